The zero-order valence-electron chi connectivity index (χ0n) is 11.1. The fourth-order valence-electron chi connectivity index (χ4n) is 2.03. The Bertz CT molecular complexity index is 870. The Labute approximate surface area is 127 Å². The number of hydrogen-bond acceptors (Lipinski definition) is 6. The van der Waals surface area contributed by atoms with Crippen LogP contribution >= 0.6 is 15.9 Å². The first-order valence-electron chi connectivity index (χ1n) is 6.09. The topological polar surface area (TPSA) is 104 Å². The van der Waals surface area contributed by atoms with Crippen molar-refractivity contribution in [1.82, 2.24) is 24.3 Å². The molecule has 0 aliphatic carbocycles. The number of anilines is 1. The molecule has 3 rings (SSSR count). The average Bonchev–Trinajstić information content (AvgIpc) is 2.84. The molecule has 0 fully saturated rings. The van der Waals surface area contributed by atoms with E-state index in [1.807, 2.05) is 0 Å². The SMILES string of the molecule is Cn1ncc2c(NN)nc(Cn3cc(Br)ccc3=O)nc21. The molecule has 21 heavy (non-hydrogen) atoms. The van der Waals surface area contributed by atoms with Crippen molar-refractivity contribution < 1.29 is 0 Å². The number of hydrazine groups is 1. The van der Waals surface area contributed by atoms with Gasteiger partial charge >= 0.3 is 0 Å². The number of halogens is 1. The normalized spacial score (nSPS) is 11.0. The first kappa shape index (κ1) is 13.7. The largest absolute Gasteiger partial charge is 0.308 e. The summed E-state index contributed by atoms with van der Waals surface area (Å²) in [5, 5.41) is 4.85. The molecule has 108 valence electrons. The van der Waals surface area contributed by atoms with E-state index in [4.69, 9.17) is 5.84 Å². The van der Waals surface area contributed by atoms with Crippen molar-refractivity contribution in [3.05, 3.63) is 45.2 Å². The second-order valence-electron chi connectivity index (χ2n) is 4.45. The molecule has 0 saturated carbocycles. The lowest BCUT2D eigenvalue weighted by molar-refractivity contribution is 0.709. The van der Waals surface area contributed by atoms with Gasteiger partial charge in [0.1, 0.15) is 0 Å². The highest BCUT2D eigenvalue weighted by atomic mass is 79.9. The lowest BCUT2D eigenvalue weighted by Gasteiger charge is -2.08. The molecule has 8 nitrogen and oxygen atoms in total. The van der Waals surface area contributed by atoms with Crippen LogP contribution in [0.15, 0.2) is 33.8 Å². The highest BCUT2D eigenvalue weighted by Gasteiger charge is 2.11. The molecular weight excluding hydrogens is 338 g/mol. The predicted octanol–water partition coefficient (Wildman–Crippen LogP) is 0.621. The summed E-state index contributed by atoms with van der Waals surface area (Å²) >= 11 is 3.34. The third kappa shape index (κ3) is 2.52. The number of nitrogen functional groups attached to an aromatic ring is 1. The minimum Gasteiger partial charge on any atom is -0.308 e. The molecule has 0 aromatic carbocycles. The summed E-state index contributed by atoms with van der Waals surface area (Å²) in [6.45, 7) is 0.244. The molecule has 0 unspecified atom stereocenters. The number of aromatic nitrogens is 5. The van der Waals surface area contributed by atoms with Crippen molar-refractivity contribution in [1.29, 1.82) is 0 Å². The van der Waals surface area contributed by atoms with Gasteiger partial charge < -0.3 is 9.99 Å². The van der Waals surface area contributed by atoms with Gasteiger partial charge in [-0.2, -0.15) is 5.10 Å². The molecule has 0 bridgehead atoms. The maximum absolute atomic E-state index is 11.8. The number of pyridine rings is 1. The van der Waals surface area contributed by atoms with Crippen LogP contribution in [0.4, 0.5) is 5.82 Å². The van der Waals surface area contributed by atoms with Crippen LogP contribution in [0.1, 0.15) is 5.82 Å². The van der Waals surface area contributed by atoms with Crippen molar-refractivity contribution in [2.75, 3.05) is 5.43 Å². The molecule has 0 spiro atoms. The molecular formula is C12H12BrN7O. The number of hydrogen-bond donors (Lipinski definition) is 2. The van der Waals surface area contributed by atoms with Crippen LogP contribution in [-0.4, -0.2) is 24.3 Å². The van der Waals surface area contributed by atoms with Crippen LogP contribution in [0.5, 0.6) is 0 Å². The minimum atomic E-state index is -0.130. The van der Waals surface area contributed by atoms with Crippen molar-refractivity contribution in [2.24, 2.45) is 12.9 Å². The second kappa shape index (κ2) is 5.26. The standard InChI is InChI=1S/C12H12BrN7O/c1-19-12-8(4-15-19)11(18-14)16-9(17-12)6-20-5-7(13)2-3-10(20)21/h2-5H,6,14H2,1H3,(H,16,17,18). The van der Waals surface area contributed by atoms with E-state index in [-0.39, 0.29) is 12.1 Å². The Kier molecular flexibility index (Phi) is 3.43. The lowest BCUT2D eigenvalue weighted by Crippen LogP contribution is -2.21. The van der Waals surface area contributed by atoms with Crippen LogP contribution in [0.3, 0.4) is 0 Å². The first-order chi connectivity index (χ1) is 10.1. The maximum Gasteiger partial charge on any atom is 0.250 e. The minimum absolute atomic E-state index is 0.130. The molecule has 0 atom stereocenters. The number of nitrogens with one attached hydrogen (secondary N) is 1. The molecule has 0 saturated heterocycles. The van der Waals surface area contributed by atoms with Gasteiger partial charge in [-0.15, -0.1) is 0 Å². The fraction of sp³-hybridized carbons (Fsp3) is 0.167. The summed E-state index contributed by atoms with van der Waals surface area (Å²) in [4.78, 5) is 20.6. The smallest absolute Gasteiger partial charge is 0.250 e. The quantitative estimate of drug-likeness (QED) is 0.530. The Morgan fingerprint density at radius 3 is 2.95 bits per heavy atom. The van der Waals surface area contributed by atoms with Gasteiger partial charge in [0.2, 0.25) is 0 Å². The zero-order valence-corrected chi connectivity index (χ0v) is 12.7. The van der Waals surface area contributed by atoms with Gasteiger partial charge in [-0.3, -0.25) is 9.48 Å². The Balaban J connectivity index is 2.10. The van der Waals surface area contributed by atoms with Crippen molar-refractivity contribution >= 4 is 32.8 Å². The summed E-state index contributed by atoms with van der Waals surface area (Å²) in [6, 6.07) is 3.17. The first-order valence-corrected chi connectivity index (χ1v) is 6.89. The van der Waals surface area contributed by atoms with Gasteiger partial charge in [-0.05, 0) is 22.0 Å². The second-order valence-corrected chi connectivity index (χ2v) is 5.37. The average molecular weight is 350 g/mol. The Morgan fingerprint density at radius 1 is 1.38 bits per heavy atom. The monoisotopic (exact) mass is 349 g/mol. The lowest BCUT2D eigenvalue weighted by atomic mass is 10.4. The van der Waals surface area contributed by atoms with Gasteiger partial charge in [-0.25, -0.2) is 15.8 Å². The van der Waals surface area contributed by atoms with Gasteiger partial charge in [0, 0.05) is 23.8 Å². The van der Waals surface area contributed by atoms with Gasteiger partial charge in [0.15, 0.2) is 17.3 Å². The zero-order chi connectivity index (χ0) is 15.0. The molecule has 9 heteroatoms. The van der Waals surface area contributed by atoms with Crippen LogP contribution in [0.2, 0.25) is 0 Å². The molecule has 3 aromatic rings. The van der Waals surface area contributed by atoms with Crippen LogP contribution in [-0.2, 0) is 13.6 Å². The van der Waals surface area contributed by atoms with Gasteiger partial charge in [-0.1, -0.05) is 0 Å². The highest BCUT2D eigenvalue weighted by Crippen LogP contribution is 2.18. The predicted molar refractivity (Wildman–Crippen MR) is 81.6 cm³/mol. The Hall–Kier alpha value is -2.26. The highest BCUT2D eigenvalue weighted by molar-refractivity contribution is 9.10. The van der Waals surface area contributed by atoms with E-state index in [1.54, 1.807) is 30.2 Å². The molecule has 0 amide bonds. The summed E-state index contributed by atoms with van der Waals surface area (Å²) in [7, 11) is 1.78. The molecule has 3 aromatic heterocycles. The van der Waals surface area contributed by atoms with E-state index in [1.165, 1.54) is 10.6 Å². The fourth-order valence-corrected chi connectivity index (χ4v) is 2.41. The molecule has 0 aliphatic heterocycles. The van der Waals surface area contributed by atoms with Crippen LogP contribution < -0.4 is 16.8 Å². The summed E-state index contributed by atoms with van der Waals surface area (Å²) in [6.07, 6.45) is 3.33. The molecule has 0 aliphatic rings. The van der Waals surface area contributed by atoms with Crippen molar-refractivity contribution in [3.63, 3.8) is 0 Å². The van der Waals surface area contributed by atoms with Crippen molar-refractivity contribution in [2.45, 2.75) is 6.54 Å². The summed E-state index contributed by atoms with van der Waals surface area (Å²) in [5.41, 5.74) is 3.05. The summed E-state index contributed by atoms with van der Waals surface area (Å²) < 4.78 is 3.95. The maximum atomic E-state index is 11.8. The third-order valence-corrected chi connectivity index (χ3v) is 3.50. The Morgan fingerprint density at radius 2 is 2.19 bits per heavy atom. The van der Waals surface area contributed by atoms with Crippen molar-refractivity contribution in [3.8, 4) is 0 Å². The van der Waals surface area contributed by atoms with Gasteiger partial charge in [0.25, 0.3) is 5.56 Å². The summed E-state index contributed by atoms with van der Waals surface area (Å²) in [5.74, 6) is 6.44. The molecule has 3 heterocycles. The van der Waals surface area contributed by atoms with E-state index < -0.39 is 0 Å². The van der Waals surface area contributed by atoms with E-state index in [2.05, 4.69) is 36.4 Å². The number of nitrogens with zero attached hydrogens (tertiary/aromatic N) is 5. The van der Waals surface area contributed by atoms with Gasteiger partial charge in [0.05, 0.1) is 18.1 Å². The number of rotatable bonds is 3. The van der Waals surface area contributed by atoms with Crippen LogP contribution in [0, 0.1) is 0 Å². The number of fused-ring (bicyclic) bond motifs is 1. The molecule has 0 radical (unpaired) electrons. The third-order valence-electron chi connectivity index (χ3n) is 3.03. The number of aryl methyl sites for hydroxylation is 1. The molecule has 3 N–H and O–H groups in total. The van der Waals surface area contributed by atoms with E-state index in [9.17, 15) is 4.79 Å². The number of nitrogens with two attached hydrogens (primary N) is 1. The van der Waals surface area contributed by atoms with E-state index in [0.717, 1.165) is 9.86 Å². The van der Waals surface area contributed by atoms with E-state index >= 15 is 0 Å². The van der Waals surface area contributed by atoms with Crippen LogP contribution in [0.25, 0.3) is 11.0 Å². The van der Waals surface area contributed by atoms with E-state index in [0.29, 0.717) is 17.3 Å².